The van der Waals surface area contributed by atoms with Gasteiger partial charge in [-0.25, -0.2) is 14.2 Å². The number of halogens is 4. The lowest BCUT2D eigenvalue weighted by atomic mass is 10.2. The highest BCUT2D eigenvalue weighted by molar-refractivity contribution is 6.06. The summed E-state index contributed by atoms with van der Waals surface area (Å²) in [7, 11) is 1.94. The van der Waals surface area contributed by atoms with Crippen molar-refractivity contribution in [2.24, 2.45) is 0 Å². The number of likely N-dealkylation sites (N-methyl/N-ethyl adjacent to an activating group) is 1. The van der Waals surface area contributed by atoms with Gasteiger partial charge in [-0.15, -0.1) is 0 Å². The van der Waals surface area contributed by atoms with E-state index in [9.17, 15) is 17.6 Å². The molecule has 8 nitrogen and oxygen atoms in total. The molecular formula is C17H17F4N5O3. The van der Waals surface area contributed by atoms with E-state index in [0.29, 0.717) is 33.9 Å². The molecule has 0 amide bonds. The Morgan fingerprint density at radius 1 is 1.38 bits per heavy atom. The van der Waals surface area contributed by atoms with Crippen molar-refractivity contribution < 1.29 is 31.9 Å². The Labute approximate surface area is 161 Å². The fourth-order valence-corrected chi connectivity index (χ4v) is 3.05. The molecule has 0 saturated carbocycles. The number of nitrogens with zero attached hydrogens (tertiary/aromatic N) is 3. The highest BCUT2D eigenvalue weighted by atomic mass is 19.4. The maximum Gasteiger partial charge on any atom is 0.490 e. The molecule has 3 aromatic rings. The summed E-state index contributed by atoms with van der Waals surface area (Å²) in [4.78, 5) is 19.5. The van der Waals surface area contributed by atoms with Gasteiger partial charge in [-0.3, -0.25) is 0 Å². The van der Waals surface area contributed by atoms with Gasteiger partial charge in [0.1, 0.15) is 16.9 Å². The fourth-order valence-electron chi connectivity index (χ4n) is 3.05. The molecule has 3 heterocycles. The molecule has 1 fully saturated rings. The van der Waals surface area contributed by atoms with Gasteiger partial charge in [0.25, 0.3) is 0 Å². The number of nitrogens with one attached hydrogen (secondary N) is 1. The minimum atomic E-state index is -5.08. The van der Waals surface area contributed by atoms with Gasteiger partial charge in [-0.2, -0.15) is 18.2 Å². The Morgan fingerprint density at radius 3 is 2.66 bits per heavy atom. The number of furan rings is 1. The first-order valence-corrected chi connectivity index (χ1v) is 8.48. The fraction of sp³-hybridized carbons (Fsp3) is 0.353. The van der Waals surface area contributed by atoms with Gasteiger partial charge in [-0.05, 0) is 25.6 Å². The zero-order valence-corrected chi connectivity index (χ0v) is 15.1. The number of fused-ring (bicyclic) bond motifs is 3. The number of carbonyl (C=O) groups is 1. The van der Waals surface area contributed by atoms with Crippen LogP contribution in [0.25, 0.3) is 22.1 Å². The molecule has 156 valence electrons. The van der Waals surface area contributed by atoms with E-state index in [-0.39, 0.29) is 11.8 Å². The summed E-state index contributed by atoms with van der Waals surface area (Å²) in [5.41, 5.74) is 7.22. The third-order valence-corrected chi connectivity index (χ3v) is 4.43. The van der Waals surface area contributed by atoms with Crippen molar-refractivity contribution in [3.8, 4) is 0 Å². The zero-order valence-electron chi connectivity index (χ0n) is 15.1. The number of rotatable bonds is 2. The van der Waals surface area contributed by atoms with Gasteiger partial charge in [0.05, 0.1) is 5.39 Å². The molecule has 0 bridgehead atoms. The number of carboxylic acids is 1. The Hall–Kier alpha value is -3.15. The molecule has 29 heavy (non-hydrogen) atoms. The summed E-state index contributed by atoms with van der Waals surface area (Å²) in [5.74, 6) is -2.36. The molecule has 4 N–H and O–H groups in total. The second-order valence-electron chi connectivity index (χ2n) is 6.32. The van der Waals surface area contributed by atoms with Crippen molar-refractivity contribution in [3.05, 3.63) is 24.0 Å². The topological polar surface area (TPSA) is 118 Å². The number of hydrogen-bond donors (Lipinski definition) is 3. The smallest absolute Gasteiger partial charge is 0.475 e. The lowest BCUT2D eigenvalue weighted by molar-refractivity contribution is -0.192. The third-order valence-electron chi connectivity index (χ3n) is 4.43. The van der Waals surface area contributed by atoms with Crippen molar-refractivity contribution >= 4 is 39.8 Å². The average Bonchev–Trinajstić information content (AvgIpc) is 3.26. The summed E-state index contributed by atoms with van der Waals surface area (Å²) in [6, 6.07) is 5.12. The van der Waals surface area contributed by atoms with Gasteiger partial charge >= 0.3 is 12.1 Å². The number of benzene rings is 1. The highest BCUT2D eigenvalue weighted by Gasteiger charge is 2.38. The van der Waals surface area contributed by atoms with Crippen LogP contribution >= 0.6 is 0 Å². The molecule has 12 heteroatoms. The molecule has 1 saturated heterocycles. The van der Waals surface area contributed by atoms with Gasteiger partial charge < -0.3 is 25.5 Å². The van der Waals surface area contributed by atoms with Crippen LogP contribution in [0, 0.1) is 5.82 Å². The normalized spacial score (nSPS) is 16.9. The molecule has 0 radical (unpaired) electrons. The maximum absolute atomic E-state index is 14.1. The van der Waals surface area contributed by atoms with Gasteiger partial charge in [-0.1, -0.05) is 6.07 Å². The Kier molecular flexibility index (Phi) is 5.46. The van der Waals surface area contributed by atoms with E-state index in [1.807, 2.05) is 7.05 Å². The standard InChI is InChI=1S/C15H16FN5O.C2HF3O2/c1-18-8-5-6-21(7-8)14-13-12(19-15(17)20-14)11-9(16)3-2-4-10(11)22-13;3-2(4,5)1(6)7/h2-4,8,18H,5-7H2,1H3,(H2,17,19,20);(H,6,7)/t8-;/m1./s1. The van der Waals surface area contributed by atoms with E-state index in [4.69, 9.17) is 20.1 Å². The summed E-state index contributed by atoms with van der Waals surface area (Å²) < 4.78 is 51.7. The number of aromatic nitrogens is 2. The number of alkyl halides is 3. The first-order chi connectivity index (χ1) is 13.6. The first kappa shape index (κ1) is 20.6. The van der Waals surface area contributed by atoms with Crippen LogP contribution in [0.2, 0.25) is 0 Å². The maximum atomic E-state index is 14.1. The van der Waals surface area contributed by atoms with Crippen LogP contribution in [0.1, 0.15) is 6.42 Å². The van der Waals surface area contributed by atoms with Crippen LogP contribution in [-0.2, 0) is 4.79 Å². The van der Waals surface area contributed by atoms with Gasteiger partial charge in [0.15, 0.2) is 11.4 Å². The Bertz CT molecular complexity index is 1050. The number of hydrogen-bond acceptors (Lipinski definition) is 7. The summed E-state index contributed by atoms with van der Waals surface area (Å²) in [6.07, 6.45) is -4.07. The van der Waals surface area contributed by atoms with Crippen LogP contribution in [0.15, 0.2) is 22.6 Å². The van der Waals surface area contributed by atoms with Crippen molar-refractivity contribution in [2.75, 3.05) is 30.8 Å². The molecule has 0 unspecified atom stereocenters. The second kappa shape index (κ2) is 7.70. The molecule has 4 rings (SSSR count). The molecule has 1 aliphatic heterocycles. The van der Waals surface area contributed by atoms with Crippen LogP contribution < -0.4 is 16.0 Å². The molecule has 1 aliphatic rings. The molecule has 1 atom stereocenters. The predicted octanol–water partition coefficient (Wildman–Crippen LogP) is 2.53. The number of nitrogens with two attached hydrogens (primary N) is 1. The van der Waals surface area contributed by atoms with E-state index in [1.54, 1.807) is 12.1 Å². The second-order valence-corrected chi connectivity index (χ2v) is 6.32. The first-order valence-electron chi connectivity index (χ1n) is 8.48. The van der Waals surface area contributed by atoms with Crippen molar-refractivity contribution in [3.63, 3.8) is 0 Å². The molecular weight excluding hydrogens is 398 g/mol. The van der Waals surface area contributed by atoms with Gasteiger partial charge in [0, 0.05) is 19.1 Å². The minimum absolute atomic E-state index is 0.126. The van der Waals surface area contributed by atoms with Crippen molar-refractivity contribution in [1.29, 1.82) is 0 Å². The highest BCUT2D eigenvalue weighted by Crippen LogP contribution is 2.35. The SMILES string of the molecule is CN[C@@H]1CCN(c2nc(N)nc3c2oc2cccc(F)c23)C1.O=C(O)C(F)(F)F. The van der Waals surface area contributed by atoms with Gasteiger partial charge in [0.2, 0.25) is 5.95 Å². The third kappa shape index (κ3) is 4.16. The molecule has 2 aromatic heterocycles. The lowest BCUT2D eigenvalue weighted by Crippen LogP contribution is -2.30. The van der Waals surface area contributed by atoms with E-state index >= 15 is 0 Å². The zero-order chi connectivity index (χ0) is 21.3. The summed E-state index contributed by atoms with van der Waals surface area (Å²) in [5, 5.41) is 10.7. The largest absolute Gasteiger partial charge is 0.490 e. The molecule has 1 aromatic carbocycles. The average molecular weight is 415 g/mol. The lowest BCUT2D eigenvalue weighted by Gasteiger charge is -2.17. The van der Waals surface area contributed by atoms with Crippen molar-refractivity contribution in [2.45, 2.75) is 18.6 Å². The number of nitrogen functional groups attached to an aromatic ring is 1. The Morgan fingerprint density at radius 2 is 2.07 bits per heavy atom. The predicted molar refractivity (Wildman–Crippen MR) is 97.0 cm³/mol. The van der Waals surface area contributed by atoms with Crippen LogP contribution in [-0.4, -0.2) is 53.4 Å². The number of carboxylic acid groups (broad SMARTS) is 1. The summed E-state index contributed by atoms with van der Waals surface area (Å²) in [6.45, 7) is 1.65. The molecule has 0 aliphatic carbocycles. The monoisotopic (exact) mass is 415 g/mol. The van der Waals surface area contributed by atoms with Crippen molar-refractivity contribution in [1.82, 2.24) is 15.3 Å². The van der Waals surface area contributed by atoms with E-state index in [1.165, 1.54) is 6.07 Å². The quantitative estimate of drug-likeness (QED) is 0.547. The Balaban J connectivity index is 0.000000298. The summed E-state index contributed by atoms with van der Waals surface area (Å²) >= 11 is 0. The van der Waals surface area contributed by atoms with E-state index in [2.05, 4.69) is 20.2 Å². The van der Waals surface area contributed by atoms with Crippen LogP contribution in [0.3, 0.4) is 0 Å². The van der Waals surface area contributed by atoms with E-state index in [0.717, 1.165) is 19.5 Å². The van der Waals surface area contributed by atoms with Crippen LogP contribution in [0.4, 0.5) is 29.3 Å². The number of anilines is 2. The van der Waals surface area contributed by atoms with Crippen LogP contribution in [0.5, 0.6) is 0 Å². The molecule has 0 spiro atoms. The minimum Gasteiger partial charge on any atom is -0.475 e. The number of aliphatic carboxylic acids is 1. The van der Waals surface area contributed by atoms with E-state index < -0.39 is 12.1 Å².